The molecule has 0 amide bonds. The number of nitrogens with one attached hydrogen (secondary N) is 2. The Bertz CT molecular complexity index is 5950. The van der Waals surface area contributed by atoms with Crippen LogP contribution < -0.4 is 16.4 Å². The van der Waals surface area contributed by atoms with Crippen LogP contribution in [0.2, 0.25) is 10.6 Å². The first-order valence-corrected chi connectivity index (χ1v) is 40.6. The van der Waals surface area contributed by atoms with Gasteiger partial charge in [-0.15, -0.1) is 0 Å². The molecule has 1 saturated heterocycles. The Balaban J connectivity index is 0.000000120. The number of allylic oxidation sites excluding steroid dienone is 3. The van der Waals surface area contributed by atoms with Gasteiger partial charge in [-0.05, 0) is 229 Å². The van der Waals surface area contributed by atoms with Crippen LogP contribution in [-0.4, -0.2) is 194 Å². The minimum Gasteiger partial charge on any atom is -0.400 e. The maximum atomic E-state index is 6.04. The van der Waals surface area contributed by atoms with Gasteiger partial charge in [0.2, 0.25) is 22.5 Å². The molecule has 2 fully saturated rings. The van der Waals surface area contributed by atoms with Crippen LogP contribution in [-0.2, 0) is 56.4 Å². The summed E-state index contributed by atoms with van der Waals surface area (Å²) in [4.78, 5) is 47.3. The van der Waals surface area contributed by atoms with Crippen molar-refractivity contribution in [1.29, 1.82) is 0 Å². The molecule has 15 heterocycles. The van der Waals surface area contributed by atoms with Crippen LogP contribution in [0.1, 0.15) is 151 Å². The fraction of sp³-hybridized carbons (Fsp3) is 0.443. The Kier molecular flexibility index (Phi) is 25.6. The molecule has 3 atom stereocenters. The van der Waals surface area contributed by atoms with Crippen molar-refractivity contribution in [3.63, 3.8) is 0 Å². The van der Waals surface area contributed by atoms with Gasteiger partial charge in [0.25, 0.3) is 0 Å². The van der Waals surface area contributed by atoms with E-state index in [2.05, 4.69) is 149 Å². The Morgan fingerprint density at radius 2 is 0.889 bits per heavy atom. The van der Waals surface area contributed by atoms with Crippen LogP contribution in [0.4, 0.5) is 29.0 Å². The smallest absolute Gasteiger partial charge is 0.400 e. The van der Waals surface area contributed by atoms with Gasteiger partial charge >= 0.3 is 7.12 Å². The zero-order valence-electron chi connectivity index (χ0n) is 68.2. The zero-order valence-corrected chi connectivity index (χ0v) is 71.9. The van der Waals surface area contributed by atoms with Gasteiger partial charge in [0.1, 0.15) is 78.2 Å². The maximum absolute atomic E-state index is 6.04. The van der Waals surface area contributed by atoms with Gasteiger partial charge < -0.3 is 44.6 Å². The van der Waals surface area contributed by atoms with E-state index in [0.29, 0.717) is 36.1 Å². The third-order valence-electron chi connectivity index (χ3n) is 22.4. The number of fused-ring (bicyclic) bond motifs is 7. The van der Waals surface area contributed by atoms with E-state index in [1.54, 1.807) is 76.3 Å². The fourth-order valence-electron chi connectivity index (χ4n) is 14.6. The second-order valence-electron chi connectivity index (χ2n) is 30.5. The number of nitrogen functional groups attached to an aromatic ring is 1. The Labute approximate surface area is 699 Å². The molecular weight excluding hydrogens is 1650 g/mol. The van der Waals surface area contributed by atoms with E-state index in [9.17, 15) is 0 Å². The van der Waals surface area contributed by atoms with Crippen molar-refractivity contribution in [3.05, 3.63) is 152 Å². The maximum Gasteiger partial charge on any atom is 0.490 e. The van der Waals surface area contributed by atoms with Gasteiger partial charge in [0.05, 0.1) is 102 Å². The summed E-state index contributed by atoms with van der Waals surface area (Å²) in [5.74, 6) is 1.49. The normalized spacial score (nSPS) is 19.0. The molecule has 3 unspecified atom stereocenters. The Morgan fingerprint density at radius 1 is 0.479 bits per heavy atom. The van der Waals surface area contributed by atoms with Crippen LogP contribution >= 0.6 is 45.8 Å². The molecule has 14 aromatic heterocycles. The van der Waals surface area contributed by atoms with Crippen molar-refractivity contribution in [3.8, 4) is 0 Å². The van der Waals surface area contributed by atoms with Crippen molar-refractivity contribution in [2.75, 3.05) is 44.8 Å². The van der Waals surface area contributed by atoms with Crippen LogP contribution in [0.5, 0.6) is 0 Å². The van der Waals surface area contributed by atoms with Crippen LogP contribution in [0.15, 0.2) is 104 Å². The first kappa shape index (κ1) is 83.3. The molecular formula is C79H96BCl2IN28O6. The highest BCUT2D eigenvalue weighted by molar-refractivity contribution is 14.1. The fourth-order valence-corrected chi connectivity index (χ4v) is 15.6. The number of anilines is 5. The number of ether oxygens (including phenoxy) is 4. The highest BCUT2D eigenvalue weighted by Crippen LogP contribution is 2.42. The second-order valence-corrected chi connectivity index (χ2v) is 32.2. The van der Waals surface area contributed by atoms with E-state index in [0.717, 1.165) is 199 Å². The summed E-state index contributed by atoms with van der Waals surface area (Å²) in [7, 11) is 14.5. The van der Waals surface area contributed by atoms with E-state index >= 15 is 0 Å². The highest BCUT2D eigenvalue weighted by atomic mass is 127. The molecule has 1 aliphatic heterocycles. The van der Waals surface area contributed by atoms with Crippen molar-refractivity contribution < 1.29 is 28.3 Å². The molecule has 14 aromatic rings. The van der Waals surface area contributed by atoms with Crippen molar-refractivity contribution in [1.82, 2.24) is 123 Å². The lowest BCUT2D eigenvalue weighted by Gasteiger charge is -2.32. The molecule has 1 saturated carbocycles. The summed E-state index contributed by atoms with van der Waals surface area (Å²) in [5.41, 5.74) is 26.9. The lowest BCUT2D eigenvalue weighted by Crippen LogP contribution is -2.41. The van der Waals surface area contributed by atoms with Crippen molar-refractivity contribution >= 4 is 154 Å². The first-order chi connectivity index (χ1) is 56.2. The van der Waals surface area contributed by atoms with Crippen LogP contribution in [0.3, 0.4) is 0 Å². The summed E-state index contributed by atoms with van der Waals surface area (Å²) in [5, 5.41) is 37.7. The molecule has 34 nitrogen and oxygen atoms in total. The molecule has 612 valence electrons. The summed E-state index contributed by atoms with van der Waals surface area (Å²) < 4.78 is 47.0. The average Bonchev–Trinajstić information content (AvgIpc) is 1.68. The van der Waals surface area contributed by atoms with Gasteiger partial charge in [0.15, 0.2) is 16.9 Å². The van der Waals surface area contributed by atoms with E-state index in [-0.39, 0.29) is 35.0 Å². The number of hydrogen-bond acceptors (Lipinski definition) is 27. The summed E-state index contributed by atoms with van der Waals surface area (Å²) in [6.07, 6.45) is 38.1. The molecule has 0 bridgehead atoms. The number of aryl methyl sites for hydroxylation is 7. The van der Waals surface area contributed by atoms with E-state index < -0.39 is 0 Å². The number of pyridine rings is 3. The van der Waals surface area contributed by atoms with Crippen LogP contribution in [0, 0.1) is 24.5 Å². The average molecular weight is 1740 g/mol. The van der Waals surface area contributed by atoms with E-state index in [1.165, 1.54) is 29.3 Å². The molecule has 5 aliphatic rings. The third kappa shape index (κ3) is 18.7. The van der Waals surface area contributed by atoms with E-state index in [4.69, 9.17) is 77.4 Å². The number of aromatic nitrogens is 25. The molecule has 38 heteroatoms. The minimum atomic E-state index is -0.239. The largest absolute Gasteiger partial charge is 0.490 e. The molecule has 0 spiro atoms. The third-order valence-corrected chi connectivity index (χ3v) is 23.5. The summed E-state index contributed by atoms with van der Waals surface area (Å²) in [6.45, 7) is 14.4. The summed E-state index contributed by atoms with van der Waals surface area (Å²) in [6, 6.07) is 5.86. The predicted octanol–water partition coefficient (Wildman–Crippen LogP) is 13.8. The molecule has 4 aliphatic carbocycles. The predicted molar refractivity (Wildman–Crippen MR) is 458 cm³/mol. The number of nitrogens with two attached hydrogens (primary N) is 1. The first-order valence-electron chi connectivity index (χ1n) is 38.7. The monoisotopic (exact) mass is 1740 g/mol. The quantitative estimate of drug-likeness (QED) is 0.0581. The molecule has 0 radical (unpaired) electrons. The van der Waals surface area contributed by atoms with Gasteiger partial charge in [-0.2, -0.15) is 35.7 Å². The van der Waals surface area contributed by atoms with Crippen molar-refractivity contribution in [2.45, 2.75) is 173 Å². The van der Waals surface area contributed by atoms with Crippen LogP contribution in [0.25, 0.3) is 72.2 Å². The number of hydrogen-bond donors (Lipinski definition) is 3. The molecule has 19 rings (SSSR count). The highest BCUT2D eigenvalue weighted by Gasteiger charge is 2.52. The lowest BCUT2D eigenvalue weighted by atomic mass is 9.72. The van der Waals surface area contributed by atoms with E-state index in [1.807, 2.05) is 101 Å². The zero-order chi connectivity index (χ0) is 82.6. The number of rotatable bonds is 12. The van der Waals surface area contributed by atoms with Crippen molar-refractivity contribution in [2.24, 2.45) is 28.2 Å². The molecule has 117 heavy (non-hydrogen) atoms. The van der Waals surface area contributed by atoms with Gasteiger partial charge in [-0.25, -0.2) is 68.4 Å². The number of methoxy groups -OCH3 is 4. The number of nitrogens with zero attached hydrogens (tertiary/aromatic N) is 25. The summed E-state index contributed by atoms with van der Waals surface area (Å²) >= 11 is 13.6. The minimum absolute atomic E-state index is 0.169. The molecule has 0 aromatic carbocycles. The van der Waals surface area contributed by atoms with Gasteiger partial charge in [-0.1, -0.05) is 18.2 Å². The lowest BCUT2D eigenvalue weighted by molar-refractivity contribution is 0.00578. The standard InChI is InChI=1S/C20H24N8O.C20H22N8O.C13H23BO3.C13H15ClN4O.C7H8N4.C6H4ClIN4/c2*1-12-8-17-22-11-23-28(17)10-15(12)24-20-21-9-16-19(25-20)18(26-27(16)2)13-4-6-14(29-3)7-5-13;1-12(2)13(3,4)17-14(16-12)10-6-8-11(15-5)9-7-10;1-18-10-7-15-13(14)16-12(10)11(17-18)8-3-5-9(19-2)6-4-8;1-5-2-7-9-4-10-11(7)3-6(5)8;1-12-3-2-9-6(7)10-4(3)5(8)11-12/h8-11,13-14H,4-7H2,1-3H3,(H,21,24,25);4,8-11,14H,5-7H2,1-3H3,(H,21,24,25);6,11H,7-9H2,1-5H3;3,7,9H,4-6H2,1-2H3;2-4H,8H2,1H3;2H,1H3. The SMILES string of the molecule is COC1CC=C(B2OC(C)(C)C(C)(C)O2)CC1.COC1CC=C(c2nn(C)c3cnc(Cl)nc23)CC1.COC1CC=C(c2nn(C)c3cnc(Nc4cn5ncnc5cc4C)nc23)CC1.COC1CCC(c2nn(C)c3cnc(Nc4cn5ncnc5cc4C)nc23)CC1.Cc1cc2ncnn2cc1N.Cn1nc(I)c2nc(Cl)ncc21. The van der Waals surface area contributed by atoms with Gasteiger partial charge in [-0.3, -0.25) is 18.7 Å². The Hall–Kier alpha value is -10.2. The topological polar surface area (TPSA) is 370 Å². The number of halogens is 3. The Morgan fingerprint density at radius 3 is 1.36 bits per heavy atom. The molecule has 4 N–H and O–H groups in total. The van der Waals surface area contributed by atoms with Gasteiger partial charge in [0, 0.05) is 62.5 Å². The second kappa shape index (κ2) is 36.0.